The number of ether oxygens (including phenoxy) is 1. The van der Waals surface area contributed by atoms with Crippen molar-refractivity contribution in [1.29, 1.82) is 0 Å². The van der Waals surface area contributed by atoms with Crippen LogP contribution in [0.2, 0.25) is 10.0 Å². The van der Waals surface area contributed by atoms with E-state index < -0.39 is 0 Å². The highest BCUT2D eigenvalue weighted by Gasteiger charge is 2.09. The summed E-state index contributed by atoms with van der Waals surface area (Å²) in [4.78, 5) is 8.40. The molecule has 0 saturated carbocycles. The lowest BCUT2D eigenvalue weighted by molar-refractivity contribution is 0.178. The molecule has 0 aliphatic carbocycles. The first-order valence-corrected chi connectivity index (χ1v) is 5.93. The number of rotatable bonds is 3. The molecule has 1 aromatic carbocycles. The molecule has 1 heterocycles. The SMILES string of the molecule is COCc1nc(N)cc(-c2cc(Cl)ccc2Cl)n1. The van der Waals surface area contributed by atoms with Crippen molar-refractivity contribution < 1.29 is 4.74 Å². The average Bonchev–Trinajstić information content (AvgIpc) is 2.32. The predicted molar refractivity (Wildman–Crippen MR) is 72.6 cm³/mol. The molecule has 18 heavy (non-hydrogen) atoms. The fraction of sp³-hybridized carbons (Fsp3) is 0.167. The molecule has 2 N–H and O–H groups in total. The maximum absolute atomic E-state index is 6.12. The Morgan fingerprint density at radius 3 is 2.72 bits per heavy atom. The van der Waals surface area contributed by atoms with Gasteiger partial charge in [0.15, 0.2) is 5.82 Å². The third kappa shape index (κ3) is 2.90. The van der Waals surface area contributed by atoms with Crippen LogP contribution in [0.5, 0.6) is 0 Å². The maximum Gasteiger partial charge on any atom is 0.157 e. The molecule has 2 rings (SSSR count). The second-order valence-corrected chi connectivity index (χ2v) is 4.50. The van der Waals surface area contributed by atoms with Crippen molar-refractivity contribution in [3.8, 4) is 11.3 Å². The van der Waals surface area contributed by atoms with E-state index in [2.05, 4.69) is 9.97 Å². The highest BCUT2D eigenvalue weighted by molar-refractivity contribution is 6.35. The van der Waals surface area contributed by atoms with Crippen molar-refractivity contribution in [2.45, 2.75) is 6.61 Å². The zero-order chi connectivity index (χ0) is 13.1. The van der Waals surface area contributed by atoms with Gasteiger partial charge in [-0.2, -0.15) is 0 Å². The molecule has 0 bridgehead atoms. The lowest BCUT2D eigenvalue weighted by atomic mass is 10.1. The molecule has 0 atom stereocenters. The van der Waals surface area contributed by atoms with Gasteiger partial charge in [-0.15, -0.1) is 0 Å². The molecule has 94 valence electrons. The summed E-state index contributed by atoms with van der Waals surface area (Å²) >= 11 is 12.1. The molecule has 0 saturated heterocycles. The van der Waals surface area contributed by atoms with Crippen LogP contribution in [0.1, 0.15) is 5.82 Å². The van der Waals surface area contributed by atoms with Crippen molar-refractivity contribution in [2.24, 2.45) is 0 Å². The topological polar surface area (TPSA) is 61.0 Å². The second-order valence-electron chi connectivity index (χ2n) is 3.65. The Kier molecular flexibility index (Phi) is 4.01. The summed E-state index contributed by atoms with van der Waals surface area (Å²) < 4.78 is 4.99. The summed E-state index contributed by atoms with van der Waals surface area (Å²) in [6, 6.07) is 6.82. The van der Waals surface area contributed by atoms with Gasteiger partial charge in [-0.1, -0.05) is 23.2 Å². The number of halogens is 2. The third-order valence-corrected chi connectivity index (χ3v) is 2.83. The van der Waals surface area contributed by atoms with E-state index in [1.807, 2.05) is 0 Å². The zero-order valence-electron chi connectivity index (χ0n) is 9.65. The molecule has 0 amide bonds. The fourth-order valence-corrected chi connectivity index (χ4v) is 1.93. The van der Waals surface area contributed by atoms with E-state index in [1.54, 1.807) is 31.4 Å². The van der Waals surface area contributed by atoms with Gasteiger partial charge in [0.2, 0.25) is 0 Å². The van der Waals surface area contributed by atoms with Crippen molar-refractivity contribution in [3.63, 3.8) is 0 Å². The van der Waals surface area contributed by atoms with E-state index in [9.17, 15) is 0 Å². The Balaban J connectivity index is 2.52. The standard InChI is InChI=1S/C12H11Cl2N3O/c1-18-6-12-16-10(5-11(15)17-12)8-4-7(13)2-3-9(8)14/h2-5H,6H2,1H3,(H2,15,16,17). The van der Waals surface area contributed by atoms with Crippen molar-refractivity contribution in [2.75, 3.05) is 12.8 Å². The lowest BCUT2D eigenvalue weighted by Gasteiger charge is -2.07. The number of hydrogen-bond donors (Lipinski definition) is 1. The van der Waals surface area contributed by atoms with E-state index in [-0.39, 0.29) is 6.61 Å². The molecule has 0 radical (unpaired) electrons. The Labute approximate surface area is 115 Å². The van der Waals surface area contributed by atoms with Gasteiger partial charge in [0, 0.05) is 23.8 Å². The Bertz CT molecular complexity index is 575. The van der Waals surface area contributed by atoms with Gasteiger partial charge in [-0.05, 0) is 18.2 Å². The van der Waals surface area contributed by atoms with E-state index >= 15 is 0 Å². The Morgan fingerprint density at radius 2 is 2.00 bits per heavy atom. The molecule has 0 unspecified atom stereocenters. The summed E-state index contributed by atoms with van der Waals surface area (Å²) in [5.41, 5.74) is 7.08. The quantitative estimate of drug-likeness (QED) is 0.940. The lowest BCUT2D eigenvalue weighted by Crippen LogP contribution is -2.02. The van der Waals surface area contributed by atoms with Gasteiger partial charge in [-0.3, -0.25) is 0 Å². The monoisotopic (exact) mass is 283 g/mol. The number of methoxy groups -OCH3 is 1. The van der Waals surface area contributed by atoms with Crippen LogP contribution < -0.4 is 5.73 Å². The van der Waals surface area contributed by atoms with Gasteiger partial charge < -0.3 is 10.5 Å². The average molecular weight is 284 g/mol. The fourth-order valence-electron chi connectivity index (χ4n) is 1.54. The number of hydrogen-bond acceptors (Lipinski definition) is 4. The van der Waals surface area contributed by atoms with Gasteiger partial charge in [-0.25, -0.2) is 9.97 Å². The summed E-state index contributed by atoms with van der Waals surface area (Å²) in [7, 11) is 1.57. The van der Waals surface area contributed by atoms with Gasteiger partial charge in [0.1, 0.15) is 12.4 Å². The number of benzene rings is 1. The Morgan fingerprint density at radius 1 is 1.22 bits per heavy atom. The first-order chi connectivity index (χ1) is 8.60. The van der Waals surface area contributed by atoms with Gasteiger partial charge >= 0.3 is 0 Å². The minimum atomic E-state index is 0.288. The maximum atomic E-state index is 6.12. The van der Waals surface area contributed by atoms with Crippen LogP contribution in [0.15, 0.2) is 24.3 Å². The van der Waals surface area contributed by atoms with Crippen LogP contribution in [0.3, 0.4) is 0 Å². The molecule has 2 aromatic rings. The van der Waals surface area contributed by atoms with Crippen LogP contribution >= 0.6 is 23.2 Å². The number of nitrogen functional groups attached to an aromatic ring is 1. The van der Waals surface area contributed by atoms with E-state index in [1.165, 1.54) is 0 Å². The first-order valence-electron chi connectivity index (χ1n) is 5.18. The summed E-state index contributed by atoms with van der Waals surface area (Å²) in [5, 5.41) is 1.14. The van der Waals surface area contributed by atoms with Crippen LogP contribution in [0.25, 0.3) is 11.3 Å². The zero-order valence-corrected chi connectivity index (χ0v) is 11.2. The Hall–Kier alpha value is -1.36. The minimum absolute atomic E-state index is 0.288. The molecule has 0 fully saturated rings. The minimum Gasteiger partial charge on any atom is -0.384 e. The number of anilines is 1. The van der Waals surface area contributed by atoms with Crippen LogP contribution in [0, 0.1) is 0 Å². The largest absolute Gasteiger partial charge is 0.384 e. The number of nitrogens with zero attached hydrogens (tertiary/aromatic N) is 2. The highest BCUT2D eigenvalue weighted by atomic mass is 35.5. The normalized spacial score (nSPS) is 10.6. The summed E-state index contributed by atoms with van der Waals surface area (Å²) in [6.07, 6.45) is 0. The van der Waals surface area contributed by atoms with Crippen LogP contribution in [0.4, 0.5) is 5.82 Å². The number of nitrogens with two attached hydrogens (primary N) is 1. The predicted octanol–water partition coefficient (Wildman–Crippen LogP) is 3.18. The molecule has 6 heteroatoms. The van der Waals surface area contributed by atoms with Crippen LogP contribution in [-0.2, 0) is 11.3 Å². The van der Waals surface area contributed by atoms with Gasteiger partial charge in [0.25, 0.3) is 0 Å². The first kappa shape index (κ1) is 13.1. The highest BCUT2D eigenvalue weighted by Crippen LogP contribution is 2.30. The second kappa shape index (κ2) is 5.52. The molecular formula is C12H11Cl2N3O. The smallest absolute Gasteiger partial charge is 0.157 e. The molecular weight excluding hydrogens is 273 g/mol. The molecule has 0 aliphatic rings. The van der Waals surface area contributed by atoms with Crippen molar-refractivity contribution in [3.05, 3.63) is 40.1 Å². The molecule has 4 nitrogen and oxygen atoms in total. The van der Waals surface area contributed by atoms with Gasteiger partial charge in [0.05, 0.1) is 10.7 Å². The summed E-state index contributed by atoms with van der Waals surface area (Å²) in [6.45, 7) is 0.288. The van der Waals surface area contributed by atoms with Crippen LogP contribution in [-0.4, -0.2) is 17.1 Å². The number of aromatic nitrogens is 2. The molecule has 1 aromatic heterocycles. The molecule has 0 spiro atoms. The van der Waals surface area contributed by atoms with E-state index in [4.69, 9.17) is 33.7 Å². The summed E-state index contributed by atoms with van der Waals surface area (Å²) in [5.74, 6) is 0.867. The third-order valence-electron chi connectivity index (χ3n) is 2.27. The van der Waals surface area contributed by atoms with Crippen molar-refractivity contribution >= 4 is 29.0 Å². The molecule has 0 aliphatic heterocycles. The van der Waals surface area contributed by atoms with Crippen molar-refractivity contribution in [1.82, 2.24) is 9.97 Å². The van der Waals surface area contributed by atoms with E-state index in [0.717, 1.165) is 5.56 Å². The van der Waals surface area contributed by atoms with E-state index in [0.29, 0.717) is 27.4 Å².